The molecule has 3 atom stereocenters. The van der Waals surface area contributed by atoms with E-state index in [0.29, 0.717) is 5.75 Å². The normalized spacial score (nSPS) is 33.5. The number of para-hydroxylation sites is 1. The number of piperidine rings is 1. The number of phenols is 1. The van der Waals surface area contributed by atoms with Gasteiger partial charge in [0.05, 0.1) is 12.7 Å². The van der Waals surface area contributed by atoms with Crippen molar-refractivity contribution in [2.24, 2.45) is 5.92 Å². The summed E-state index contributed by atoms with van der Waals surface area (Å²) in [7, 11) is 1.56. The fourth-order valence-electron chi connectivity index (χ4n) is 3.90. The summed E-state index contributed by atoms with van der Waals surface area (Å²) in [5, 5.41) is 24.7. The van der Waals surface area contributed by atoms with Crippen LogP contribution in [0.25, 0.3) is 0 Å². The monoisotopic (exact) mass is 277 g/mol. The highest BCUT2D eigenvalue weighted by Crippen LogP contribution is 2.48. The summed E-state index contributed by atoms with van der Waals surface area (Å²) in [6, 6.07) is 5.58. The molecule has 0 spiro atoms. The van der Waals surface area contributed by atoms with Crippen molar-refractivity contribution in [1.29, 1.82) is 0 Å². The molecule has 1 aliphatic heterocycles. The average Bonchev–Trinajstić information content (AvgIpc) is 2.46. The van der Waals surface area contributed by atoms with E-state index in [4.69, 9.17) is 4.74 Å². The lowest BCUT2D eigenvalue weighted by molar-refractivity contribution is -0.0863. The lowest BCUT2D eigenvalue weighted by atomic mass is 9.66. The first kappa shape index (κ1) is 13.7. The molecule has 4 nitrogen and oxygen atoms in total. The average molecular weight is 277 g/mol. The number of benzene rings is 1. The lowest BCUT2D eigenvalue weighted by Crippen LogP contribution is -2.53. The molecule has 1 aliphatic carbocycles. The molecule has 4 heteroatoms. The minimum absolute atomic E-state index is 0.00384. The van der Waals surface area contributed by atoms with Gasteiger partial charge in [0.25, 0.3) is 0 Å². The first-order valence-electron chi connectivity index (χ1n) is 7.47. The molecule has 1 saturated heterocycles. The maximum absolute atomic E-state index is 10.9. The van der Waals surface area contributed by atoms with Gasteiger partial charge in [-0.05, 0) is 31.9 Å². The van der Waals surface area contributed by atoms with Gasteiger partial charge in [0.1, 0.15) is 0 Å². The van der Waals surface area contributed by atoms with Crippen molar-refractivity contribution in [2.75, 3.05) is 13.7 Å². The fraction of sp³-hybridized carbons (Fsp3) is 0.625. The Labute approximate surface area is 119 Å². The van der Waals surface area contributed by atoms with Crippen LogP contribution in [0.3, 0.4) is 0 Å². The Kier molecular flexibility index (Phi) is 3.61. The first-order chi connectivity index (χ1) is 9.65. The predicted octanol–water partition coefficient (Wildman–Crippen LogP) is 2.36. The zero-order chi connectivity index (χ0) is 14.2. The summed E-state index contributed by atoms with van der Waals surface area (Å²) in [5.41, 5.74) is 0.262. The standard InChI is InChI=1S/C16H23NO3/c1-20-13-7-4-5-11(15(13)18)14-12-6-2-3-8-16(12,19)9-10-17-14/h4-5,7,12,14,17-19H,2-3,6,8-10H2,1H3. The van der Waals surface area contributed by atoms with Gasteiger partial charge < -0.3 is 20.3 Å². The summed E-state index contributed by atoms with van der Waals surface area (Å²) in [6.45, 7) is 0.786. The van der Waals surface area contributed by atoms with Crippen LogP contribution in [-0.2, 0) is 0 Å². The zero-order valence-corrected chi connectivity index (χ0v) is 11.9. The summed E-state index contributed by atoms with van der Waals surface area (Å²) in [5.74, 6) is 0.861. The molecular weight excluding hydrogens is 254 g/mol. The van der Waals surface area contributed by atoms with Crippen LogP contribution in [0.5, 0.6) is 11.5 Å². The highest BCUT2D eigenvalue weighted by Gasteiger charge is 2.46. The Bertz CT molecular complexity index is 487. The summed E-state index contributed by atoms with van der Waals surface area (Å²) in [6.07, 6.45) is 4.93. The van der Waals surface area contributed by atoms with Crippen molar-refractivity contribution >= 4 is 0 Å². The molecule has 3 N–H and O–H groups in total. The van der Waals surface area contributed by atoms with Crippen LogP contribution < -0.4 is 10.1 Å². The van der Waals surface area contributed by atoms with E-state index < -0.39 is 5.60 Å². The van der Waals surface area contributed by atoms with Crippen molar-refractivity contribution in [1.82, 2.24) is 5.32 Å². The Morgan fingerprint density at radius 1 is 1.30 bits per heavy atom. The number of ether oxygens (including phenoxy) is 1. The molecule has 1 heterocycles. The van der Waals surface area contributed by atoms with Gasteiger partial charge >= 0.3 is 0 Å². The smallest absolute Gasteiger partial charge is 0.162 e. The van der Waals surface area contributed by atoms with Gasteiger partial charge in [-0.25, -0.2) is 0 Å². The van der Waals surface area contributed by atoms with E-state index in [0.717, 1.165) is 44.2 Å². The van der Waals surface area contributed by atoms with E-state index in [-0.39, 0.29) is 17.7 Å². The topological polar surface area (TPSA) is 61.7 Å². The largest absolute Gasteiger partial charge is 0.504 e. The summed E-state index contributed by atoms with van der Waals surface area (Å²) in [4.78, 5) is 0. The number of phenolic OH excluding ortho intramolecular Hbond substituents is 1. The molecule has 0 radical (unpaired) electrons. The number of hydrogen-bond acceptors (Lipinski definition) is 4. The van der Waals surface area contributed by atoms with Gasteiger partial charge in [0.15, 0.2) is 11.5 Å². The second-order valence-corrected chi connectivity index (χ2v) is 6.04. The zero-order valence-electron chi connectivity index (χ0n) is 11.9. The van der Waals surface area contributed by atoms with Crippen molar-refractivity contribution in [3.63, 3.8) is 0 Å². The van der Waals surface area contributed by atoms with Gasteiger partial charge in [-0.1, -0.05) is 25.0 Å². The van der Waals surface area contributed by atoms with Gasteiger partial charge in [0, 0.05) is 17.5 Å². The molecule has 0 amide bonds. The van der Waals surface area contributed by atoms with Gasteiger partial charge in [-0.2, -0.15) is 0 Å². The molecule has 3 rings (SSSR count). The highest BCUT2D eigenvalue weighted by molar-refractivity contribution is 5.47. The number of fused-ring (bicyclic) bond motifs is 1. The minimum Gasteiger partial charge on any atom is -0.504 e. The third kappa shape index (κ3) is 2.17. The molecule has 1 saturated carbocycles. The van der Waals surface area contributed by atoms with E-state index in [1.165, 1.54) is 0 Å². The molecule has 0 bridgehead atoms. The van der Waals surface area contributed by atoms with Crippen LogP contribution in [-0.4, -0.2) is 29.5 Å². The summed E-state index contributed by atoms with van der Waals surface area (Å²) < 4.78 is 5.20. The quantitative estimate of drug-likeness (QED) is 0.776. The van der Waals surface area contributed by atoms with Crippen molar-refractivity contribution < 1.29 is 14.9 Å². The van der Waals surface area contributed by atoms with Crippen molar-refractivity contribution in [3.8, 4) is 11.5 Å². The maximum atomic E-state index is 10.9. The van der Waals surface area contributed by atoms with Gasteiger partial charge in [-0.3, -0.25) is 0 Å². The minimum atomic E-state index is -0.580. The SMILES string of the molecule is COc1cccc(C2NCCC3(O)CCCCC23)c1O. The number of methoxy groups -OCH3 is 1. The van der Waals surface area contributed by atoms with E-state index >= 15 is 0 Å². The molecule has 0 aromatic heterocycles. The van der Waals surface area contributed by atoms with Crippen LogP contribution in [0.15, 0.2) is 18.2 Å². The van der Waals surface area contributed by atoms with Crippen molar-refractivity contribution in [3.05, 3.63) is 23.8 Å². The second-order valence-electron chi connectivity index (χ2n) is 6.04. The van der Waals surface area contributed by atoms with Crippen LogP contribution >= 0.6 is 0 Å². The molecule has 3 unspecified atom stereocenters. The maximum Gasteiger partial charge on any atom is 0.162 e. The number of aliphatic hydroxyl groups is 1. The molecule has 2 aliphatic rings. The van der Waals surface area contributed by atoms with E-state index in [1.54, 1.807) is 13.2 Å². The number of rotatable bonds is 2. The molecule has 20 heavy (non-hydrogen) atoms. The summed E-state index contributed by atoms with van der Waals surface area (Å²) >= 11 is 0. The molecular formula is C16H23NO3. The third-order valence-electron chi connectivity index (χ3n) is 4.97. The van der Waals surface area contributed by atoms with Gasteiger partial charge in [-0.15, -0.1) is 0 Å². The molecule has 110 valence electrons. The number of nitrogens with one attached hydrogen (secondary N) is 1. The predicted molar refractivity (Wildman–Crippen MR) is 76.9 cm³/mol. The fourth-order valence-corrected chi connectivity index (χ4v) is 3.90. The Morgan fingerprint density at radius 2 is 2.15 bits per heavy atom. The van der Waals surface area contributed by atoms with E-state index in [2.05, 4.69) is 5.32 Å². The van der Waals surface area contributed by atoms with Gasteiger partial charge in [0.2, 0.25) is 0 Å². The van der Waals surface area contributed by atoms with Crippen LogP contribution in [0.1, 0.15) is 43.7 Å². The molecule has 1 aromatic rings. The van der Waals surface area contributed by atoms with E-state index in [1.807, 2.05) is 12.1 Å². The number of hydrogen-bond donors (Lipinski definition) is 3. The Hall–Kier alpha value is -1.26. The Balaban J connectivity index is 1.96. The van der Waals surface area contributed by atoms with Crippen LogP contribution in [0.4, 0.5) is 0 Å². The van der Waals surface area contributed by atoms with Crippen LogP contribution in [0, 0.1) is 5.92 Å². The molecule has 1 aromatic carbocycles. The van der Waals surface area contributed by atoms with Crippen LogP contribution in [0.2, 0.25) is 0 Å². The lowest BCUT2D eigenvalue weighted by Gasteiger charge is -2.48. The van der Waals surface area contributed by atoms with E-state index in [9.17, 15) is 10.2 Å². The highest BCUT2D eigenvalue weighted by atomic mass is 16.5. The Morgan fingerprint density at radius 3 is 2.95 bits per heavy atom. The number of aromatic hydroxyl groups is 1. The molecule has 2 fully saturated rings. The third-order valence-corrected chi connectivity index (χ3v) is 4.97. The second kappa shape index (κ2) is 5.26. The first-order valence-corrected chi connectivity index (χ1v) is 7.47. The van der Waals surface area contributed by atoms with Crippen molar-refractivity contribution in [2.45, 2.75) is 43.7 Å².